The van der Waals surface area contributed by atoms with Gasteiger partial charge in [-0.3, -0.25) is 0 Å². The van der Waals surface area contributed by atoms with Crippen LogP contribution < -0.4 is 5.73 Å². The van der Waals surface area contributed by atoms with Crippen LogP contribution in [0.2, 0.25) is 0 Å². The summed E-state index contributed by atoms with van der Waals surface area (Å²) in [6.07, 6.45) is 0. The van der Waals surface area contributed by atoms with Gasteiger partial charge in [-0.2, -0.15) is 10.5 Å². The molecule has 1 aromatic heterocycles. The van der Waals surface area contributed by atoms with Crippen LogP contribution in [0.1, 0.15) is 33.6 Å². The largest absolute Gasteiger partial charge is 0.343 e. The first-order valence-corrected chi connectivity index (χ1v) is 8.47. The lowest BCUT2D eigenvalue weighted by Crippen LogP contribution is -2.04. The lowest BCUT2D eigenvalue weighted by atomic mass is 10.0. The molecule has 4 nitrogen and oxygen atoms in total. The first kappa shape index (κ1) is 17.5. The third kappa shape index (κ3) is 3.11. The van der Waals surface area contributed by atoms with Gasteiger partial charge < -0.3 is 10.3 Å². The first-order chi connectivity index (χ1) is 12.6. The summed E-state index contributed by atoms with van der Waals surface area (Å²) in [5.74, 6) is 0. The van der Waals surface area contributed by atoms with Crippen LogP contribution >= 0.6 is 0 Å². The minimum Gasteiger partial charge on any atom is -0.343 e. The highest BCUT2D eigenvalue weighted by Crippen LogP contribution is 2.32. The van der Waals surface area contributed by atoms with Gasteiger partial charge in [-0.15, -0.1) is 0 Å². The molecule has 3 aromatic rings. The molecule has 0 radical (unpaired) electrons. The van der Waals surface area contributed by atoms with Crippen molar-refractivity contribution in [2.75, 3.05) is 0 Å². The molecular formula is C22H20N4. The van der Waals surface area contributed by atoms with Gasteiger partial charge in [0.1, 0.15) is 6.07 Å². The van der Waals surface area contributed by atoms with Crippen LogP contribution in [0.5, 0.6) is 0 Å². The molecule has 1 heterocycles. The predicted molar refractivity (Wildman–Crippen MR) is 102 cm³/mol. The van der Waals surface area contributed by atoms with Crippen LogP contribution in [-0.4, -0.2) is 4.57 Å². The molecule has 0 spiro atoms. The molecule has 0 amide bonds. The Hall–Kier alpha value is -3.34. The monoisotopic (exact) mass is 340 g/mol. The van der Waals surface area contributed by atoms with Crippen molar-refractivity contribution in [1.82, 2.24) is 4.57 Å². The van der Waals surface area contributed by atoms with E-state index in [4.69, 9.17) is 11.0 Å². The summed E-state index contributed by atoms with van der Waals surface area (Å²) in [7, 11) is 0. The van der Waals surface area contributed by atoms with Crippen LogP contribution in [0, 0.1) is 36.5 Å². The summed E-state index contributed by atoms with van der Waals surface area (Å²) >= 11 is 0. The van der Waals surface area contributed by atoms with E-state index < -0.39 is 0 Å². The number of nitrogens with two attached hydrogens (primary N) is 1. The zero-order valence-electron chi connectivity index (χ0n) is 15.0. The Morgan fingerprint density at radius 1 is 0.846 bits per heavy atom. The Bertz CT molecular complexity index is 1010. The number of nitrogens with zero attached hydrogens (tertiary/aromatic N) is 3. The normalized spacial score (nSPS) is 10.3. The number of hydrogen-bond acceptors (Lipinski definition) is 3. The van der Waals surface area contributed by atoms with Crippen molar-refractivity contribution in [3.05, 3.63) is 82.2 Å². The molecule has 128 valence electrons. The van der Waals surface area contributed by atoms with Crippen LogP contribution in [0.4, 0.5) is 0 Å². The summed E-state index contributed by atoms with van der Waals surface area (Å²) in [5, 5.41) is 18.7. The van der Waals surface area contributed by atoms with Gasteiger partial charge in [0.25, 0.3) is 0 Å². The van der Waals surface area contributed by atoms with Crippen molar-refractivity contribution in [2.45, 2.75) is 26.9 Å². The third-order valence-corrected chi connectivity index (χ3v) is 4.80. The van der Waals surface area contributed by atoms with Crippen LogP contribution in [0.25, 0.3) is 11.1 Å². The Kier molecular flexibility index (Phi) is 4.89. The van der Waals surface area contributed by atoms with Gasteiger partial charge in [0, 0.05) is 30.0 Å². The lowest BCUT2D eigenvalue weighted by Gasteiger charge is -2.10. The molecule has 0 saturated heterocycles. The Morgan fingerprint density at radius 2 is 1.46 bits per heavy atom. The van der Waals surface area contributed by atoms with Gasteiger partial charge in [-0.05, 0) is 42.7 Å². The molecule has 0 aliphatic carbocycles. The molecule has 3 rings (SSSR count). The standard InChI is InChI=1S/C22H20N4/c1-15-21(13-25)22(20-9-7-18(12-24)8-10-20)16(2)26(15)14-19-5-3-17(11-23)4-6-19/h3-10H,11,14,23H2,1-2H3. The van der Waals surface area contributed by atoms with Gasteiger partial charge in [0.15, 0.2) is 0 Å². The maximum absolute atomic E-state index is 9.70. The lowest BCUT2D eigenvalue weighted by molar-refractivity contribution is 0.749. The van der Waals surface area contributed by atoms with Gasteiger partial charge in [0.05, 0.1) is 17.2 Å². The first-order valence-electron chi connectivity index (χ1n) is 8.47. The summed E-state index contributed by atoms with van der Waals surface area (Å²) in [4.78, 5) is 0. The molecule has 0 aliphatic heterocycles. The van der Waals surface area contributed by atoms with Crippen molar-refractivity contribution in [2.24, 2.45) is 5.73 Å². The Labute approximate surface area is 153 Å². The number of benzene rings is 2. The van der Waals surface area contributed by atoms with Crippen molar-refractivity contribution < 1.29 is 0 Å². The van der Waals surface area contributed by atoms with E-state index in [9.17, 15) is 5.26 Å². The molecule has 2 aromatic carbocycles. The fourth-order valence-electron chi connectivity index (χ4n) is 3.29. The molecule has 0 fully saturated rings. The van der Waals surface area contributed by atoms with Crippen molar-refractivity contribution in [1.29, 1.82) is 10.5 Å². The molecule has 0 saturated carbocycles. The van der Waals surface area contributed by atoms with E-state index in [1.54, 1.807) is 12.1 Å². The second-order valence-corrected chi connectivity index (χ2v) is 6.33. The second kappa shape index (κ2) is 7.27. The molecule has 26 heavy (non-hydrogen) atoms. The maximum atomic E-state index is 9.70. The molecule has 0 atom stereocenters. The second-order valence-electron chi connectivity index (χ2n) is 6.33. The van der Waals surface area contributed by atoms with Crippen LogP contribution in [0.15, 0.2) is 48.5 Å². The molecule has 0 aliphatic rings. The summed E-state index contributed by atoms with van der Waals surface area (Å²) in [6.45, 7) is 5.25. The number of hydrogen-bond donors (Lipinski definition) is 1. The predicted octanol–water partition coefficient (Wildman–Crippen LogP) is 4.02. The minimum atomic E-state index is 0.531. The molecular weight excluding hydrogens is 320 g/mol. The Morgan fingerprint density at radius 3 is 2.00 bits per heavy atom. The van der Waals surface area contributed by atoms with Crippen LogP contribution in [-0.2, 0) is 13.1 Å². The molecule has 4 heteroatoms. The third-order valence-electron chi connectivity index (χ3n) is 4.80. The fraction of sp³-hybridized carbons (Fsp3) is 0.182. The summed E-state index contributed by atoms with van der Waals surface area (Å²) in [5.41, 5.74) is 13.1. The van der Waals surface area contributed by atoms with Gasteiger partial charge >= 0.3 is 0 Å². The Balaban J connectivity index is 2.05. The van der Waals surface area contributed by atoms with E-state index in [2.05, 4.69) is 28.8 Å². The molecule has 2 N–H and O–H groups in total. The minimum absolute atomic E-state index is 0.531. The number of aromatic nitrogens is 1. The summed E-state index contributed by atoms with van der Waals surface area (Å²) < 4.78 is 2.17. The highest BCUT2D eigenvalue weighted by Gasteiger charge is 2.19. The van der Waals surface area contributed by atoms with Crippen LogP contribution in [0.3, 0.4) is 0 Å². The van der Waals surface area contributed by atoms with E-state index >= 15 is 0 Å². The molecule has 0 bridgehead atoms. The highest BCUT2D eigenvalue weighted by molar-refractivity contribution is 5.75. The van der Waals surface area contributed by atoms with Crippen molar-refractivity contribution in [3.63, 3.8) is 0 Å². The number of rotatable bonds is 4. The SMILES string of the molecule is Cc1c(C#N)c(-c2ccc(C#N)cc2)c(C)n1Cc1ccc(CN)cc1. The maximum Gasteiger partial charge on any atom is 0.102 e. The van der Waals surface area contributed by atoms with Crippen molar-refractivity contribution >= 4 is 0 Å². The van der Waals surface area contributed by atoms with Crippen molar-refractivity contribution in [3.8, 4) is 23.3 Å². The van der Waals surface area contributed by atoms with E-state index in [0.29, 0.717) is 24.2 Å². The van der Waals surface area contributed by atoms with Gasteiger partial charge in [-0.1, -0.05) is 36.4 Å². The van der Waals surface area contributed by atoms with E-state index in [1.807, 2.05) is 38.1 Å². The van der Waals surface area contributed by atoms with Gasteiger partial charge in [0.2, 0.25) is 0 Å². The van der Waals surface area contributed by atoms with E-state index in [1.165, 1.54) is 5.56 Å². The zero-order chi connectivity index (χ0) is 18.7. The molecule has 0 unspecified atom stereocenters. The topological polar surface area (TPSA) is 78.5 Å². The zero-order valence-corrected chi connectivity index (χ0v) is 15.0. The average molecular weight is 340 g/mol. The summed E-state index contributed by atoms with van der Waals surface area (Å²) in [6, 6.07) is 20.1. The van der Waals surface area contributed by atoms with E-state index in [0.717, 1.165) is 28.1 Å². The fourth-order valence-corrected chi connectivity index (χ4v) is 3.29. The average Bonchev–Trinajstić information content (AvgIpc) is 2.92. The number of nitriles is 2. The smallest absolute Gasteiger partial charge is 0.102 e. The highest BCUT2D eigenvalue weighted by atomic mass is 15.0. The quantitative estimate of drug-likeness (QED) is 0.779. The van der Waals surface area contributed by atoms with E-state index in [-0.39, 0.29) is 0 Å². The van der Waals surface area contributed by atoms with Gasteiger partial charge in [-0.25, -0.2) is 0 Å².